The van der Waals surface area contributed by atoms with Gasteiger partial charge in [0.05, 0.1) is 31.1 Å². The van der Waals surface area contributed by atoms with E-state index in [2.05, 4.69) is 21.7 Å². The van der Waals surface area contributed by atoms with E-state index in [1.165, 1.54) is 32.4 Å². The zero-order chi connectivity index (χ0) is 30.2. The maximum atomic E-state index is 13.8. The molecule has 228 valence electrons. The molecule has 0 unspecified atom stereocenters. The Labute approximate surface area is 253 Å². The molecule has 0 N–H and O–H groups in total. The van der Waals surface area contributed by atoms with Gasteiger partial charge >= 0.3 is 0 Å². The molecule has 2 aliphatic heterocycles. The summed E-state index contributed by atoms with van der Waals surface area (Å²) >= 11 is 0. The number of aromatic nitrogens is 3. The number of pyridine rings is 1. The first-order chi connectivity index (χ1) is 21.0. The minimum Gasteiger partial charge on any atom is -0.494 e. The number of ether oxygens (including phenoxy) is 2. The van der Waals surface area contributed by atoms with Crippen molar-refractivity contribution in [2.24, 2.45) is 0 Å². The van der Waals surface area contributed by atoms with Gasteiger partial charge in [-0.25, -0.2) is 14.4 Å². The number of carbonyl (C=O) groups is 1. The van der Waals surface area contributed by atoms with Crippen LogP contribution in [0, 0.1) is 5.82 Å². The van der Waals surface area contributed by atoms with Gasteiger partial charge in [0.15, 0.2) is 17.4 Å². The highest BCUT2D eigenvalue weighted by molar-refractivity contribution is 5.92. The summed E-state index contributed by atoms with van der Waals surface area (Å²) in [7, 11) is 1.42. The molecule has 1 aromatic carbocycles. The Hall–Kier alpha value is -4.05. The molecule has 0 saturated carbocycles. The third-order valence-corrected chi connectivity index (χ3v) is 8.05. The molecular weight excluding hydrogens is 547 g/mol. The summed E-state index contributed by atoms with van der Waals surface area (Å²) in [5.74, 6) is 1.73. The lowest BCUT2D eigenvalue weighted by atomic mass is 10.1. The molecule has 4 heterocycles. The normalized spacial score (nSPS) is 18.2. The second-order valence-corrected chi connectivity index (χ2v) is 10.9. The van der Waals surface area contributed by atoms with E-state index in [9.17, 15) is 9.18 Å². The highest BCUT2D eigenvalue weighted by Crippen LogP contribution is 2.30. The minimum absolute atomic E-state index is 0.0517. The van der Waals surface area contributed by atoms with Crippen molar-refractivity contribution in [2.75, 3.05) is 57.9 Å². The first kappa shape index (κ1) is 30.4. The second kappa shape index (κ2) is 14.4. The molecule has 10 heteroatoms. The smallest absolute Gasteiger partial charge is 0.246 e. The van der Waals surface area contributed by atoms with Gasteiger partial charge < -0.3 is 19.3 Å². The average molecular weight is 589 g/mol. The third-order valence-electron chi connectivity index (χ3n) is 8.05. The van der Waals surface area contributed by atoms with Crippen LogP contribution in [0.5, 0.6) is 11.5 Å². The lowest BCUT2D eigenvalue weighted by Crippen LogP contribution is -2.55. The SMILES string of the molecule is CCOc1ccc2nc(/C=C/c3cc(OC)c(F)cn3)nc(N3CCN(C(=O)/C=C/CN4CCCCC4)[C@@H](CC)C3)c2c1. The molecule has 2 fully saturated rings. The average Bonchev–Trinajstić information content (AvgIpc) is 3.04. The van der Waals surface area contributed by atoms with Gasteiger partial charge in [-0.05, 0) is 69.6 Å². The van der Waals surface area contributed by atoms with Crippen LogP contribution in [-0.4, -0.2) is 89.7 Å². The van der Waals surface area contributed by atoms with Gasteiger partial charge in [0, 0.05) is 49.7 Å². The zero-order valence-electron chi connectivity index (χ0n) is 25.3. The number of benzene rings is 1. The van der Waals surface area contributed by atoms with Crippen molar-refractivity contribution in [2.45, 2.75) is 45.6 Å². The van der Waals surface area contributed by atoms with Crippen molar-refractivity contribution >= 4 is 34.8 Å². The number of carbonyl (C=O) groups excluding carboxylic acids is 1. The number of piperazine rings is 1. The molecule has 0 bridgehead atoms. The number of anilines is 1. The molecule has 9 nitrogen and oxygen atoms in total. The van der Waals surface area contributed by atoms with Gasteiger partial charge in [0.25, 0.3) is 0 Å². The van der Waals surface area contributed by atoms with Gasteiger partial charge in [-0.3, -0.25) is 14.7 Å². The molecule has 0 spiro atoms. The topological polar surface area (TPSA) is 83.9 Å². The summed E-state index contributed by atoms with van der Waals surface area (Å²) in [5.41, 5.74) is 1.31. The Morgan fingerprint density at radius 1 is 1.07 bits per heavy atom. The summed E-state index contributed by atoms with van der Waals surface area (Å²) in [5, 5.41) is 0.890. The first-order valence-electron chi connectivity index (χ1n) is 15.3. The van der Waals surface area contributed by atoms with Gasteiger partial charge in [-0.1, -0.05) is 19.4 Å². The van der Waals surface area contributed by atoms with Gasteiger partial charge in [-0.15, -0.1) is 0 Å². The molecule has 1 atom stereocenters. The Bertz CT molecular complexity index is 1470. The summed E-state index contributed by atoms with van der Waals surface area (Å²) in [4.78, 5) is 33.7. The fraction of sp³-hybridized carbons (Fsp3) is 0.455. The summed E-state index contributed by atoms with van der Waals surface area (Å²) < 4.78 is 24.7. The zero-order valence-corrected chi connectivity index (χ0v) is 25.3. The Morgan fingerprint density at radius 2 is 1.91 bits per heavy atom. The number of hydrogen-bond acceptors (Lipinski definition) is 8. The maximum Gasteiger partial charge on any atom is 0.246 e. The van der Waals surface area contributed by atoms with Crippen molar-refractivity contribution in [3.05, 3.63) is 59.9 Å². The van der Waals surface area contributed by atoms with Crippen molar-refractivity contribution in [1.29, 1.82) is 0 Å². The number of likely N-dealkylation sites (tertiary alicyclic amines) is 1. The Kier molecular flexibility index (Phi) is 10.2. The van der Waals surface area contributed by atoms with Crippen molar-refractivity contribution in [1.82, 2.24) is 24.8 Å². The van der Waals surface area contributed by atoms with E-state index < -0.39 is 5.82 Å². The van der Waals surface area contributed by atoms with Crippen LogP contribution >= 0.6 is 0 Å². The molecule has 2 saturated heterocycles. The van der Waals surface area contributed by atoms with E-state index in [0.29, 0.717) is 37.8 Å². The van der Waals surface area contributed by atoms with Crippen LogP contribution in [0.1, 0.15) is 51.0 Å². The largest absolute Gasteiger partial charge is 0.494 e. The molecule has 0 aliphatic carbocycles. The number of methoxy groups -OCH3 is 1. The second-order valence-electron chi connectivity index (χ2n) is 10.9. The van der Waals surface area contributed by atoms with Crippen LogP contribution in [0.4, 0.5) is 10.2 Å². The number of amides is 1. The molecule has 2 aromatic heterocycles. The summed E-state index contributed by atoms with van der Waals surface area (Å²) in [6, 6.07) is 7.41. The van der Waals surface area contributed by atoms with Crippen molar-refractivity contribution in [3.8, 4) is 11.5 Å². The fourth-order valence-electron chi connectivity index (χ4n) is 5.75. The van der Waals surface area contributed by atoms with Crippen LogP contribution < -0.4 is 14.4 Å². The van der Waals surface area contributed by atoms with Gasteiger partial charge in [-0.2, -0.15) is 0 Å². The summed E-state index contributed by atoms with van der Waals surface area (Å²) in [6.07, 6.45) is 13.0. The Morgan fingerprint density at radius 3 is 2.67 bits per heavy atom. The third kappa shape index (κ3) is 7.48. The lowest BCUT2D eigenvalue weighted by Gasteiger charge is -2.41. The van der Waals surface area contributed by atoms with E-state index in [-0.39, 0.29) is 17.7 Å². The molecule has 0 radical (unpaired) electrons. The number of rotatable bonds is 10. The number of piperidine rings is 1. The predicted molar refractivity (Wildman–Crippen MR) is 168 cm³/mol. The molecule has 5 rings (SSSR count). The highest BCUT2D eigenvalue weighted by Gasteiger charge is 2.30. The van der Waals surface area contributed by atoms with Gasteiger partial charge in [0.1, 0.15) is 11.6 Å². The molecule has 2 aliphatic rings. The van der Waals surface area contributed by atoms with Crippen molar-refractivity contribution in [3.63, 3.8) is 0 Å². The minimum atomic E-state index is -0.519. The number of nitrogens with zero attached hydrogens (tertiary/aromatic N) is 6. The molecular formula is C33H41FN6O3. The van der Waals surface area contributed by atoms with E-state index >= 15 is 0 Å². The van der Waals surface area contributed by atoms with Crippen LogP contribution in [0.2, 0.25) is 0 Å². The number of fused-ring (bicyclic) bond motifs is 1. The summed E-state index contributed by atoms with van der Waals surface area (Å²) in [6.45, 7) is 9.59. The van der Waals surface area contributed by atoms with Gasteiger partial charge in [0.2, 0.25) is 5.91 Å². The molecule has 1 amide bonds. The number of halogens is 1. The first-order valence-corrected chi connectivity index (χ1v) is 15.3. The monoisotopic (exact) mass is 588 g/mol. The highest BCUT2D eigenvalue weighted by atomic mass is 19.1. The van der Waals surface area contributed by atoms with E-state index in [4.69, 9.17) is 19.4 Å². The standard InChI is InChI=1S/C33H41FN6O3/c1-4-25-23-39(18-19-40(25)32(41)10-9-17-38-15-7-6-8-16-38)33-27-21-26(43-5-2)12-13-29(27)36-31(37-33)14-11-24-20-30(42-3)28(34)22-35-24/h9-14,20-22,25H,4-8,15-19,23H2,1-3H3/b10-9+,14-11+/t25-/m0/s1. The van der Waals surface area contributed by atoms with Crippen molar-refractivity contribution < 1.29 is 18.7 Å². The predicted octanol–water partition coefficient (Wildman–Crippen LogP) is 5.21. The molecule has 43 heavy (non-hydrogen) atoms. The van der Waals surface area contributed by atoms with E-state index in [0.717, 1.165) is 54.7 Å². The molecule has 3 aromatic rings. The van der Waals surface area contributed by atoms with Crippen LogP contribution in [0.15, 0.2) is 42.6 Å². The van der Waals surface area contributed by atoms with Crippen LogP contribution in [0.3, 0.4) is 0 Å². The van der Waals surface area contributed by atoms with Crippen LogP contribution in [-0.2, 0) is 4.79 Å². The fourth-order valence-corrected chi connectivity index (χ4v) is 5.75. The van der Waals surface area contributed by atoms with E-state index in [1.54, 1.807) is 18.2 Å². The van der Waals surface area contributed by atoms with E-state index in [1.807, 2.05) is 36.1 Å². The number of hydrogen-bond donors (Lipinski definition) is 0. The lowest BCUT2D eigenvalue weighted by molar-refractivity contribution is -0.128. The quantitative estimate of drug-likeness (QED) is 0.299. The maximum absolute atomic E-state index is 13.8. The Balaban J connectivity index is 1.38. The van der Waals surface area contributed by atoms with Crippen LogP contribution in [0.25, 0.3) is 23.1 Å².